The fraction of sp³-hybridized carbons (Fsp3) is 0.182. The third-order valence-corrected chi connectivity index (χ3v) is 4.84. The number of aryl methyl sites for hydroxylation is 1. The van der Waals surface area contributed by atoms with Gasteiger partial charge < -0.3 is 9.84 Å². The molecule has 142 valence electrons. The molecule has 0 saturated heterocycles. The molecule has 28 heavy (non-hydrogen) atoms. The molecule has 0 amide bonds. The Hall–Kier alpha value is -3.28. The second-order valence-electron chi connectivity index (χ2n) is 6.95. The van der Waals surface area contributed by atoms with Crippen LogP contribution in [0.5, 0.6) is 5.88 Å². The van der Waals surface area contributed by atoms with E-state index in [0.29, 0.717) is 29.7 Å². The van der Waals surface area contributed by atoms with Gasteiger partial charge in [-0.3, -0.25) is 0 Å². The fourth-order valence-electron chi connectivity index (χ4n) is 3.11. The molecule has 4 rings (SSSR count). The molecule has 1 heterocycles. The lowest BCUT2D eigenvalue weighted by atomic mass is 9.99. The topological polar surface area (TPSA) is 59.4 Å². The molecule has 1 aromatic heterocycles. The van der Waals surface area contributed by atoms with Crippen molar-refractivity contribution in [1.82, 2.24) is 4.98 Å². The fourth-order valence-corrected chi connectivity index (χ4v) is 3.11. The van der Waals surface area contributed by atoms with Crippen LogP contribution < -0.4 is 4.74 Å². The van der Waals surface area contributed by atoms with Crippen molar-refractivity contribution in [3.63, 3.8) is 0 Å². The number of carbonyl (C=O) groups is 1. The van der Waals surface area contributed by atoms with Gasteiger partial charge in [-0.25, -0.2) is 18.6 Å². The highest BCUT2D eigenvalue weighted by Crippen LogP contribution is 2.41. The van der Waals surface area contributed by atoms with Crippen molar-refractivity contribution in [2.24, 2.45) is 0 Å². The maximum Gasteiger partial charge on any atom is 0.348 e. The van der Waals surface area contributed by atoms with Gasteiger partial charge in [-0.1, -0.05) is 6.07 Å². The smallest absolute Gasteiger partial charge is 0.348 e. The van der Waals surface area contributed by atoms with E-state index in [2.05, 4.69) is 4.98 Å². The van der Waals surface area contributed by atoms with Gasteiger partial charge >= 0.3 is 5.97 Å². The van der Waals surface area contributed by atoms with Crippen molar-refractivity contribution in [3.05, 3.63) is 71.8 Å². The SMILES string of the molecule is Cc1cc(F)ccc1-c1cc(OC2(C(=O)O)CC2)nc(-c2ccc(F)cc2)c1. The van der Waals surface area contributed by atoms with Gasteiger partial charge in [0.05, 0.1) is 5.69 Å². The predicted molar refractivity (Wildman–Crippen MR) is 100.0 cm³/mol. The number of pyridine rings is 1. The van der Waals surface area contributed by atoms with Crippen LogP contribution in [-0.4, -0.2) is 21.7 Å². The number of aromatic nitrogens is 1. The molecule has 1 aliphatic carbocycles. The van der Waals surface area contributed by atoms with Crippen LogP contribution in [-0.2, 0) is 4.79 Å². The van der Waals surface area contributed by atoms with E-state index in [1.165, 1.54) is 24.3 Å². The first-order valence-corrected chi connectivity index (χ1v) is 8.83. The van der Waals surface area contributed by atoms with Crippen LogP contribution in [0.25, 0.3) is 22.4 Å². The van der Waals surface area contributed by atoms with Crippen LogP contribution in [0.4, 0.5) is 8.78 Å². The minimum atomic E-state index is -1.25. The number of rotatable bonds is 5. The molecule has 0 spiro atoms. The van der Waals surface area contributed by atoms with Gasteiger partial charge in [0.2, 0.25) is 11.5 Å². The average molecular weight is 381 g/mol. The highest BCUT2D eigenvalue weighted by atomic mass is 19.1. The van der Waals surface area contributed by atoms with Gasteiger partial charge in [0.1, 0.15) is 11.6 Å². The van der Waals surface area contributed by atoms with Gasteiger partial charge in [0.25, 0.3) is 0 Å². The highest BCUT2D eigenvalue weighted by Gasteiger charge is 2.54. The minimum Gasteiger partial charge on any atom is -0.478 e. The van der Waals surface area contributed by atoms with E-state index in [9.17, 15) is 18.7 Å². The normalized spacial score (nSPS) is 14.5. The van der Waals surface area contributed by atoms with Crippen LogP contribution in [0.3, 0.4) is 0 Å². The minimum absolute atomic E-state index is 0.167. The van der Waals surface area contributed by atoms with Gasteiger partial charge in [-0.15, -0.1) is 0 Å². The Balaban J connectivity index is 1.83. The summed E-state index contributed by atoms with van der Waals surface area (Å²) in [6.07, 6.45) is 0.825. The van der Waals surface area contributed by atoms with Crippen LogP contribution in [0.1, 0.15) is 18.4 Å². The zero-order chi connectivity index (χ0) is 19.9. The Labute approximate surface area is 160 Å². The second-order valence-corrected chi connectivity index (χ2v) is 6.95. The number of ether oxygens (including phenoxy) is 1. The molecule has 6 heteroatoms. The Morgan fingerprint density at radius 1 is 1.00 bits per heavy atom. The van der Waals surface area contributed by atoms with E-state index in [0.717, 1.165) is 11.1 Å². The van der Waals surface area contributed by atoms with Crippen molar-refractivity contribution in [1.29, 1.82) is 0 Å². The number of hydrogen-bond acceptors (Lipinski definition) is 3. The molecule has 1 aliphatic rings. The first kappa shape index (κ1) is 18.1. The summed E-state index contributed by atoms with van der Waals surface area (Å²) in [7, 11) is 0. The quantitative estimate of drug-likeness (QED) is 0.676. The molecule has 1 fully saturated rings. The number of carboxylic acids is 1. The second kappa shape index (κ2) is 6.71. The Bertz CT molecular complexity index is 1060. The van der Waals surface area contributed by atoms with Crippen LogP contribution in [0, 0.1) is 18.6 Å². The third-order valence-electron chi connectivity index (χ3n) is 4.84. The summed E-state index contributed by atoms with van der Waals surface area (Å²) in [6.45, 7) is 1.79. The summed E-state index contributed by atoms with van der Waals surface area (Å²) in [5.74, 6) is -1.57. The lowest BCUT2D eigenvalue weighted by molar-refractivity contribution is -0.147. The summed E-state index contributed by atoms with van der Waals surface area (Å²) < 4.78 is 32.5. The van der Waals surface area contributed by atoms with E-state index in [1.807, 2.05) is 0 Å². The van der Waals surface area contributed by atoms with Crippen LogP contribution in [0.15, 0.2) is 54.6 Å². The molecule has 1 N–H and O–H groups in total. The summed E-state index contributed by atoms with van der Waals surface area (Å²) in [6, 6.07) is 13.7. The Morgan fingerprint density at radius 3 is 2.29 bits per heavy atom. The lowest BCUT2D eigenvalue weighted by Crippen LogP contribution is -2.29. The summed E-state index contributed by atoms with van der Waals surface area (Å²) in [5.41, 5.74) is 2.14. The number of benzene rings is 2. The van der Waals surface area contributed by atoms with Crippen molar-refractivity contribution in [2.45, 2.75) is 25.4 Å². The van der Waals surface area contributed by atoms with E-state index in [4.69, 9.17) is 4.74 Å². The maximum absolute atomic E-state index is 13.5. The van der Waals surface area contributed by atoms with Crippen molar-refractivity contribution >= 4 is 5.97 Å². The first-order chi connectivity index (χ1) is 13.4. The van der Waals surface area contributed by atoms with Gasteiger partial charge in [0, 0.05) is 24.5 Å². The molecular weight excluding hydrogens is 364 g/mol. The molecule has 0 radical (unpaired) electrons. The number of nitrogens with zero attached hydrogens (tertiary/aromatic N) is 1. The monoisotopic (exact) mass is 381 g/mol. The van der Waals surface area contributed by atoms with Gasteiger partial charge in [-0.05, 0) is 66.1 Å². The number of hydrogen-bond donors (Lipinski definition) is 1. The molecule has 0 unspecified atom stereocenters. The van der Waals surface area contributed by atoms with E-state index in [1.54, 1.807) is 37.3 Å². The predicted octanol–water partition coefficient (Wildman–Crippen LogP) is 5.00. The molecule has 3 aromatic rings. The average Bonchev–Trinajstić information content (AvgIpc) is 3.43. The standard InChI is InChI=1S/C22H17F2NO3/c1-13-10-17(24)6-7-18(13)15-11-19(14-2-4-16(23)5-3-14)25-20(12-15)28-22(8-9-22)21(26)27/h2-7,10-12H,8-9H2,1H3,(H,26,27). The molecule has 2 aromatic carbocycles. The highest BCUT2D eigenvalue weighted by molar-refractivity contribution is 5.81. The number of aliphatic carboxylic acids is 1. The molecule has 0 aliphatic heterocycles. The van der Waals surface area contributed by atoms with Crippen LogP contribution in [0.2, 0.25) is 0 Å². The maximum atomic E-state index is 13.5. The van der Waals surface area contributed by atoms with E-state index >= 15 is 0 Å². The van der Waals surface area contributed by atoms with E-state index < -0.39 is 11.6 Å². The molecule has 4 nitrogen and oxygen atoms in total. The first-order valence-electron chi connectivity index (χ1n) is 8.83. The van der Waals surface area contributed by atoms with Crippen molar-refractivity contribution in [2.75, 3.05) is 0 Å². The van der Waals surface area contributed by atoms with Crippen molar-refractivity contribution in [3.8, 4) is 28.3 Å². The van der Waals surface area contributed by atoms with Gasteiger partial charge in [-0.2, -0.15) is 0 Å². The van der Waals surface area contributed by atoms with Crippen LogP contribution >= 0.6 is 0 Å². The molecule has 0 atom stereocenters. The lowest BCUT2D eigenvalue weighted by Gasteiger charge is -2.16. The largest absolute Gasteiger partial charge is 0.478 e. The number of halogens is 2. The zero-order valence-electron chi connectivity index (χ0n) is 15.1. The van der Waals surface area contributed by atoms with Gasteiger partial charge in [0.15, 0.2) is 0 Å². The van der Waals surface area contributed by atoms with E-state index in [-0.39, 0.29) is 17.5 Å². The Kier molecular flexibility index (Phi) is 4.34. The Morgan fingerprint density at radius 2 is 1.68 bits per heavy atom. The zero-order valence-corrected chi connectivity index (χ0v) is 15.1. The summed E-state index contributed by atoms with van der Waals surface area (Å²) in [5, 5.41) is 9.41. The third kappa shape index (κ3) is 3.45. The number of carboxylic acid groups (broad SMARTS) is 1. The molecule has 1 saturated carbocycles. The molecule has 0 bridgehead atoms. The summed E-state index contributed by atoms with van der Waals surface area (Å²) >= 11 is 0. The van der Waals surface area contributed by atoms with Crippen molar-refractivity contribution < 1.29 is 23.4 Å². The molecular formula is C22H17F2NO3. The summed E-state index contributed by atoms with van der Waals surface area (Å²) in [4.78, 5) is 15.9.